The molecule has 0 amide bonds. The summed E-state index contributed by atoms with van der Waals surface area (Å²) in [5.41, 5.74) is 2.25. The minimum absolute atomic E-state index is 0.530. The van der Waals surface area contributed by atoms with Crippen LogP contribution in [0.15, 0.2) is 67.3 Å². The molecule has 2 heteroatoms. The van der Waals surface area contributed by atoms with Crippen molar-refractivity contribution in [2.24, 2.45) is 0 Å². The Balaban J connectivity index is 2.02. The van der Waals surface area contributed by atoms with Crippen LogP contribution in [0, 0.1) is 0 Å². The third kappa shape index (κ3) is 3.39. The van der Waals surface area contributed by atoms with Gasteiger partial charge in [0.2, 0.25) is 0 Å². The first-order chi connectivity index (χ1) is 8.90. The van der Waals surface area contributed by atoms with E-state index in [1.807, 2.05) is 48.5 Å². The maximum atomic E-state index is 5.62. The fraction of sp³-hybridized carbons (Fsp3) is 0.125. The summed E-state index contributed by atoms with van der Waals surface area (Å²) in [5, 5.41) is 3.37. The van der Waals surface area contributed by atoms with Crippen LogP contribution in [0.25, 0.3) is 0 Å². The SMILES string of the molecule is C=CCOc1ccccc1CNc1ccccc1. The van der Waals surface area contributed by atoms with Crippen molar-refractivity contribution in [1.29, 1.82) is 0 Å². The lowest BCUT2D eigenvalue weighted by molar-refractivity contribution is 0.359. The van der Waals surface area contributed by atoms with E-state index in [-0.39, 0.29) is 0 Å². The second kappa shape index (κ2) is 6.50. The molecule has 0 aliphatic rings. The third-order valence-corrected chi connectivity index (χ3v) is 2.59. The highest BCUT2D eigenvalue weighted by Gasteiger charge is 2.01. The highest BCUT2D eigenvalue weighted by atomic mass is 16.5. The first-order valence-corrected chi connectivity index (χ1v) is 6.00. The number of rotatable bonds is 6. The van der Waals surface area contributed by atoms with Gasteiger partial charge in [0.05, 0.1) is 0 Å². The number of hydrogen-bond acceptors (Lipinski definition) is 2. The van der Waals surface area contributed by atoms with Gasteiger partial charge in [-0.1, -0.05) is 49.1 Å². The molecule has 0 saturated heterocycles. The van der Waals surface area contributed by atoms with Crippen molar-refractivity contribution >= 4 is 5.69 Å². The maximum Gasteiger partial charge on any atom is 0.124 e. The van der Waals surface area contributed by atoms with Gasteiger partial charge in [0.15, 0.2) is 0 Å². The Morgan fingerprint density at radius 1 is 1.00 bits per heavy atom. The fourth-order valence-electron chi connectivity index (χ4n) is 1.69. The first-order valence-electron chi connectivity index (χ1n) is 6.00. The van der Waals surface area contributed by atoms with Gasteiger partial charge in [-0.05, 0) is 18.2 Å². The summed E-state index contributed by atoms with van der Waals surface area (Å²) in [5.74, 6) is 0.904. The van der Waals surface area contributed by atoms with Crippen molar-refractivity contribution in [2.45, 2.75) is 6.54 Å². The van der Waals surface area contributed by atoms with Crippen LogP contribution < -0.4 is 10.1 Å². The molecule has 0 bridgehead atoms. The van der Waals surface area contributed by atoms with Crippen LogP contribution in [-0.2, 0) is 6.54 Å². The number of para-hydroxylation sites is 2. The number of hydrogen-bond donors (Lipinski definition) is 1. The minimum Gasteiger partial charge on any atom is -0.489 e. The Bertz CT molecular complexity index is 493. The summed E-state index contributed by atoms with van der Waals surface area (Å²) in [6, 6.07) is 18.2. The van der Waals surface area contributed by atoms with Crippen molar-refractivity contribution in [2.75, 3.05) is 11.9 Å². The molecule has 92 valence electrons. The van der Waals surface area contributed by atoms with Crippen LogP contribution in [0.3, 0.4) is 0 Å². The van der Waals surface area contributed by atoms with E-state index in [1.165, 1.54) is 0 Å². The van der Waals surface area contributed by atoms with Gasteiger partial charge in [0.1, 0.15) is 12.4 Å². The third-order valence-electron chi connectivity index (χ3n) is 2.59. The molecule has 18 heavy (non-hydrogen) atoms. The van der Waals surface area contributed by atoms with E-state index in [2.05, 4.69) is 18.0 Å². The van der Waals surface area contributed by atoms with Gasteiger partial charge in [-0.3, -0.25) is 0 Å². The molecule has 0 saturated carbocycles. The zero-order valence-corrected chi connectivity index (χ0v) is 10.3. The summed E-state index contributed by atoms with van der Waals surface area (Å²) >= 11 is 0. The lowest BCUT2D eigenvalue weighted by Crippen LogP contribution is -2.03. The molecule has 0 atom stereocenters. The standard InChI is InChI=1S/C16H17NO/c1-2-12-18-16-11-7-6-8-14(16)13-17-15-9-4-3-5-10-15/h2-11,17H,1,12-13H2. The Morgan fingerprint density at radius 3 is 2.50 bits per heavy atom. The van der Waals surface area contributed by atoms with Crippen molar-refractivity contribution in [3.63, 3.8) is 0 Å². The van der Waals surface area contributed by atoms with Gasteiger partial charge in [-0.15, -0.1) is 0 Å². The summed E-state index contributed by atoms with van der Waals surface area (Å²) < 4.78 is 5.62. The first kappa shape index (κ1) is 12.2. The van der Waals surface area contributed by atoms with Gasteiger partial charge in [0.25, 0.3) is 0 Å². The largest absolute Gasteiger partial charge is 0.489 e. The van der Waals surface area contributed by atoms with Crippen LogP contribution in [-0.4, -0.2) is 6.61 Å². The molecular formula is C16H17NO. The molecular weight excluding hydrogens is 222 g/mol. The lowest BCUT2D eigenvalue weighted by Gasteiger charge is -2.11. The molecule has 2 aromatic carbocycles. The van der Waals surface area contributed by atoms with Gasteiger partial charge in [-0.25, -0.2) is 0 Å². The van der Waals surface area contributed by atoms with Crippen molar-refractivity contribution in [3.05, 3.63) is 72.8 Å². The van der Waals surface area contributed by atoms with Gasteiger partial charge < -0.3 is 10.1 Å². The van der Waals surface area contributed by atoms with Crippen LogP contribution in [0.5, 0.6) is 5.75 Å². The number of benzene rings is 2. The highest BCUT2D eigenvalue weighted by Crippen LogP contribution is 2.19. The summed E-state index contributed by atoms with van der Waals surface area (Å²) in [7, 11) is 0. The van der Waals surface area contributed by atoms with Crippen molar-refractivity contribution in [1.82, 2.24) is 0 Å². The van der Waals surface area contributed by atoms with Crippen LogP contribution >= 0.6 is 0 Å². The fourth-order valence-corrected chi connectivity index (χ4v) is 1.69. The molecule has 1 N–H and O–H groups in total. The zero-order valence-electron chi connectivity index (χ0n) is 10.3. The normalized spacial score (nSPS) is 9.78. The van der Waals surface area contributed by atoms with Gasteiger partial charge in [-0.2, -0.15) is 0 Å². The Hall–Kier alpha value is -2.22. The van der Waals surface area contributed by atoms with Crippen LogP contribution in [0.2, 0.25) is 0 Å². The van der Waals surface area contributed by atoms with E-state index >= 15 is 0 Å². The number of anilines is 1. The second-order valence-corrected chi connectivity index (χ2v) is 3.93. The molecule has 0 unspecified atom stereocenters. The van der Waals surface area contributed by atoms with Crippen molar-refractivity contribution in [3.8, 4) is 5.75 Å². The van der Waals surface area contributed by atoms with E-state index < -0.39 is 0 Å². The molecule has 2 nitrogen and oxygen atoms in total. The van der Waals surface area contributed by atoms with Crippen LogP contribution in [0.4, 0.5) is 5.69 Å². The molecule has 2 rings (SSSR count). The van der Waals surface area contributed by atoms with E-state index in [0.717, 1.165) is 23.5 Å². The second-order valence-electron chi connectivity index (χ2n) is 3.93. The number of ether oxygens (including phenoxy) is 1. The topological polar surface area (TPSA) is 21.3 Å². The quantitative estimate of drug-likeness (QED) is 0.773. The molecule has 0 aliphatic heterocycles. The van der Waals surface area contributed by atoms with Gasteiger partial charge in [0, 0.05) is 17.8 Å². The number of nitrogens with one attached hydrogen (secondary N) is 1. The molecule has 0 aromatic heterocycles. The summed E-state index contributed by atoms with van der Waals surface area (Å²) in [6.45, 7) is 4.94. The average molecular weight is 239 g/mol. The highest BCUT2D eigenvalue weighted by molar-refractivity contribution is 5.44. The molecule has 0 spiro atoms. The lowest BCUT2D eigenvalue weighted by atomic mass is 10.2. The summed E-state index contributed by atoms with van der Waals surface area (Å²) in [6.07, 6.45) is 1.75. The summed E-state index contributed by atoms with van der Waals surface area (Å²) in [4.78, 5) is 0. The molecule has 0 fully saturated rings. The predicted octanol–water partition coefficient (Wildman–Crippen LogP) is 3.86. The van der Waals surface area contributed by atoms with E-state index in [9.17, 15) is 0 Å². The predicted molar refractivity (Wildman–Crippen MR) is 75.9 cm³/mol. The average Bonchev–Trinajstić information content (AvgIpc) is 2.45. The minimum atomic E-state index is 0.530. The zero-order chi connectivity index (χ0) is 12.6. The van der Waals surface area contributed by atoms with E-state index in [1.54, 1.807) is 6.08 Å². The van der Waals surface area contributed by atoms with Crippen LogP contribution in [0.1, 0.15) is 5.56 Å². The maximum absolute atomic E-state index is 5.62. The molecule has 0 aliphatic carbocycles. The van der Waals surface area contributed by atoms with Crippen molar-refractivity contribution < 1.29 is 4.74 Å². The Labute approximate surface area is 108 Å². The molecule has 0 heterocycles. The Morgan fingerprint density at radius 2 is 1.72 bits per heavy atom. The smallest absolute Gasteiger partial charge is 0.124 e. The molecule has 0 radical (unpaired) electrons. The van der Waals surface area contributed by atoms with Gasteiger partial charge >= 0.3 is 0 Å². The molecule has 2 aromatic rings. The van der Waals surface area contributed by atoms with E-state index in [4.69, 9.17) is 4.74 Å². The van der Waals surface area contributed by atoms with E-state index in [0.29, 0.717) is 6.61 Å². The monoisotopic (exact) mass is 239 g/mol. The Kier molecular flexibility index (Phi) is 4.42.